The third-order valence-corrected chi connectivity index (χ3v) is 3.32. The van der Waals surface area contributed by atoms with Gasteiger partial charge >= 0.3 is 5.97 Å². The molecule has 1 amide bonds. The first-order valence-corrected chi connectivity index (χ1v) is 6.83. The summed E-state index contributed by atoms with van der Waals surface area (Å²) in [4.78, 5) is 29.2. The van der Waals surface area contributed by atoms with Gasteiger partial charge in [0.15, 0.2) is 0 Å². The topological polar surface area (TPSA) is 59.5 Å². The number of carbonyl (C=O) groups excluding carboxylic acids is 2. The van der Waals surface area contributed by atoms with Crippen LogP contribution in [-0.4, -0.2) is 34.9 Å². The third kappa shape index (κ3) is 4.99. The quantitative estimate of drug-likeness (QED) is 0.717. The van der Waals surface area contributed by atoms with Crippen molar-refractivity contribution in [3.8, 4) is 0 Å². The van der Waals surface area contributed by atoms with E-state index in [0.717, 1.165) is 12.0 Å². The highest BCUT2D eigenvalue weighted by Crippen LogP contribution is 2.13. The summed E-state index contributed by atoms with van der Waals surface area (Å²) >= 11 is 0. The summed E-state index contributed by atoms with van der Waals surface area (Å²) < 4.78 is 4.57. The Bertz CT molecular complexity index is 434. The van der Waals surface area contributed by atoms with Crippen molar-refractivity contribution < 1.29 is 14.3 Å². The molecular formula is C15H22N2O3. The monoisotopic (exact) mass is 278 g/mol. The molecule has 5 nitrogen and oxygen atoms in total. The third-order valence-electron chi connectivity index (χ3n) is 3.32. The Morgan fingerprint density at radius 1 is 1.30 bits per heavy atom. The van der Waals surface area contributed by atoms with Gasteiger partial charge in [0, 0.05) is 31.4 Å². The molecule has 1 rings (SSSR count). The number of hydrogen-bond acceptors (Lipinski definition) is 4. The molecular weight excluding hydrogens is 256 g/mol. The minimum Gasteiger partial charge on any atom is -0.469 e. The number of ether oxygens (including phenoxy) is 1. The maximum atomic E-state index is 12.3. The normalized spacial score (nSPS) is 11.8. The Labute approximate surface area is 119 Å². The fraction of sp³-hybridized carbons (Fsp3) is 0.533. The van der Waals surface area contributed by atoms with E-state index in [-0.39, 0.29) is 30.8 Å². The lowest BCUT2D eigenvalue weighted by molar-refractivity contribution is -0.144. The van der Waals surface area contributed by atoms with Crippen LogP contribution in [-0.2, 0) is 20.9 Å². The zero-order chi connectivity index (χ0) is 15.0. The molecule has 1 aromatic rings. The highest BCUT2D eigenvalue weighted by molar-refractivity contribution is 5.81. The largest absolute Gasteiger partial charge is 0.469 e. The number of esters is 1. The van der Waals surface area contributed by atoms with Crippen LogP contribution in [0.4, 0.5) is 0 Å². The van der Waals surface area contributed by atoms with Crippen molar-refractivity contribution in [1.29, 1.82) is 0 Å². The van der Waals surface area contributed by atoms with Gasteiger partial charge in [-0.2, -0.15) is 0 Å². The molecule has 0 radical (unpaired) electrons. The number of methoxy groups -OCH3 is 1. The minimum atomic E-state index is -0.355. The summed E-state index contributed by atoms with van der Waals surface area (Å²) in [6.07, 6.45) is 4.60. The maximum absolute atomic E-state index is 12.3. The molecule has 20 heavy (non-hydrogen) atoms. The first-order valence-electron chi connectivity index (χ1n) is 6.83. The van der Waals surface area contributed by atoms with Gasteiger partial charge in [-0.25, -0.2) is 0 Å². The van der Waals surface area contributed by atoms with Crippen LogP contribution in [0.15, 0.2) is 24.5 Å². The first kappa shape index (κ1) is 16.1. The Morgan fingerprint density at radius 3 is 2.50 bits per heavy atom. The van der Waals surface area contributed by atoms with E-state index in [2.05, 4.69) is 9.72 Å². The van der Waals surface area contributed by atoms with E-state index < -0.39 is 0 Å². The number of amides is 1. The van der Waals surface area contributed by atoms with E-state index in [9.17, 15) is 9.59 Å². The van der Waals surface area contributed by atoms with Gasteiger partial charge in [0.25, 0.3) is 0 Å². The molecule has 110 valence electrons. The molecule has 5 heteroatoms. The first-order chi connectivity index (χ1) is 9.58. The maximum Gasteiger partial charge on any atom is 0.306 e. The number of pyridine rings is 1. The lowest BCUT2D eigenvalue weighted by Gasteiger charge is -2.28. The number of hydrogen-bond donors (Lipinski definition) is 0. The van der Waals surface area contributed by atoms with Crippen molar-refractivity contribution >= 4 is 11.9 Å². The van der Waals surface area contributed by atoms with Gasteiger partial charge in [-0.05, 0) is 31.0 Å². The summed E-state index contributed by atoms with van der Waals surface area (Å²) in [5.74, 6) is -0.382. The molecule has 0 bridgehead atoms. The Kier molecular flexibility index (Phi) is 6.70. The van der Waals surface area contributed by atoms with E-state index >= 15 is 0 Å². The van der Waals surface area contributed by atoms with Crippen LogP contribution in [0, 0.1) is 0 Å². The van der Waals surface area contributed by atoms with E-state index in [4.69, 9.17) is 0 Å². The molecule has 0 aliphatic carbocycles. The Balaban J connectivity index is 2.69. The van der Waals surface area contributed by atoms with Crippen LogP contribution in [0.25, 0.3) is 0 Å². The second-order valence-corrected chi connectivity index (χ2v) is 4.71. The van der Waals surface area contributed by atoms with Crippen LogP contribution in [0.2, 0.25) is 0 Å². The molecule has 1 atom stereocenters. The van der Waals surface area contributed by atoms with Gasteiger partial charge < -0.3 is 9.64 Å². The lowest BCUT2D eigenvalue weighted by Crippen LogP contribution is -2.38. The molecule has 1 heterocycles. The fourth-order valence-corrected chi connectivity index (χ4v) is 1.85. The highest BCUT2D eigenvalue weighted by atomic mass is 16.5. The molecule has 0 aliphatic rings. The van der Waals surface area contributed by atoms with E-state index in [0.29, 0.717) is 6.54 Å². The summed E-state index contributed by atoms with van der Waals surface area (Å²) in [7, 11) is 1.33. The average molecular weight is 278 g/mol. The van der Waals surface area contributed by atoms with Crippen molar-refractivity contribution in [3.05, 3.63) is 30.1 Å². The van der Waals surface area contributed by atoms with Crippen molar-refractivity contribution in [3.63, 3.8) is 0 Å². The Hall–Kier alpha value is -1.91. The van der Waals surface area contributed by atoms with Crippen LogP contribution in [0.1, 0.15) is 38.7 Å². The number of aromatic nitrogens is 1. The second-order valence-electron chi connectivity index (χ2n) is 4.71. The van der Waals surface area contributed by atoms with Crippen molar-refractivity contribution in [1.82, 2.24) is 9.88 Å². The summed E-state index contributed by atoms with van der Waals surface area (Å²) in [5, 5.41) is 0. The van der Waals surface area contributed by atoms with E-state index in [1.807, 2.05) is 26.0 Å². The van der Waals surface area contributed by atoms with Gasteiger partial charge in [0.2, 0.25) is 5.91 Å². The zero-order valence-electron chi connectivity index (χ0n) is 12.3. The average Bonchev–Trinajstić information content (AvgIpc) is 2.50. The summed E-state index contributed by atoms with van der Waals surface area (Å²) in [6.45, 7) is 4.59. The SMILES string of the molecule is CCC(C)N(Cc1ccncc1)C(=O)CCC(=O)OC. The van der Waals surface area contributed by atoms with Gasteiger partial charge in [-0.3, -0.25) is 14.6 Å². The molecule has 0 saturated carbocycles. The predicted octanol–water partition coefficient (Wildman–Crippen LogP) is 2.16. The van der Waals surface area contributed by atoms with Crippen LogP contribution in [0.3, 0.4) is 0 Å². The van der Waals surface area contributed by atoms with Crippen LogP contribution in [0.5, 0.6) is 0 Å². The van der Waals surface area contributed by atoms with Crippen LogP contribution >= 0.6 is 0 Å². The standard InChI is InChI=1S/C15H22N2O3/c1-4-12(2)17(11-13-7-9-16-10-8-13)14(18)5-6-15(19)20-3/h7-10,12H,4-6,11H2,1-3H3. The smallest absolute Gasteiger partial charge is 0.306 e. The van der Waals surface area contributed by atoms with E-state index in [1.54, 1.807) is 17.3 Å². The Morgan fingerprint density at radius 2 is 1.95 bits per heavy atom. The van der Waals surface area contributed by atoms with Gasteiger partial charge in [0.1, 0.15) is 0 Å². The lowest BCUT2D eigenvalue weighted by atomic mass is 10.1. The molecule has 0 N–H and O–H groups in total. The minimum absolute atomic E-state index is 0.0263. The number of carbonyl (C=O) groups is 2. The van der Waals surface area contributed by atoms with Gasteiger partial charge in [0.05, 0.1) is 13.5 Å². The summed E-state index contributed by atoms with van der Waals surface area (Å²) in [5.41, 5.74) is 1.03. The number of nitrogens with zero attached hydrogens (tertiary/aromatic N) is 2. The molecule has 0 aromatic carbocycles. The summed E-state index contributed by atoms with van der Waals surface area (Å²) in [6, 6.07) is 3.92. The van der Waals surface area contributed by atoms with Crippen molar-refractivity contribution in [2.24, 2.45) is 0 Å². The second kappa shape index (κ2) is 8.30. The molecule has 1 aromatic heterocycles. The molecule has 0 fully saturated rings. The van der Waals surface area contributed by atoms with Crippen molar-refractivity contribution in [2.45, 2.75) is 45.7 Å². The van der Waals surface area contributed by atoms with Crippen LogP contribution < -0.4 is 0 Å². The molecule has 0 aliphatic heterocycles. The molecule has 0 saturated heterocycles. The fourth-order valence-electron chi connectivity index (χ4n) is 1.85. The number of rotatable bonds is 7. The molecule has 0 spiro atoms. The predicted molar refractivity (Wildman–Crippen MR) is 75.8 cm³/mol. The van der Waals surface area contributed by atoms with Crippen molar-refractivity contribution in [2.75, 3.05) is 7.11 Å². The van der Waals surface area contributed by atoms with E-state index in [1.165, 1.54) is 7.11 Å². The van der Waals surface area contributed by atoms with Gasteiger partial charge in [-0.1, -0.05) is 6.92 Å². The van der Waals surface area contributed by atoms with Gasteiger partial charge in [-0.15, -0.1) is 0 Å². The molecule has 1 unspecified atom stereocenters. The highest BCUT2D eigenvalue weighted by Gasteiger charge is 2.20. The zero-order valence-corrected chi connectivity index (χ0v) is 12.3.